The second-order valence-electron chi connectivity index (χ2n) is 13.9. The predicted molar refractivity (Wildman–Crippen MR) is 209 cm³/mol. The number of alkyl halides is 1. The first kappa shape index (κ1) is 37.5. The van der Waals surface area contributed by atoms with Gasteiger partial charge in [-0.1, -0.05) is 0 Å². The molecule has 2 aliphatic rings. The van der Waals surface area contributed by atoms with Crippen molar-refractivity contribution in [2.45, 2.75) is 12.6 Å². The highest BCUT2D eigenvalue weighted by Crippen LogP contribution is 2.44. The van der Waals surface area contributed by atoms with E-state index in [1.54, 1.807) is 41.1 Å². The average molecular weight is 782 g/mol. The van der Waals surface area contributed by atoms with Gasteiger partial charge < -0.3 is 29.7 Å². The zero-order valence-electron chi connectivity index (χ0n) is 31.7. The van der Waals surface area contributed by atoms with Gasteiger partial charge in [0.1, 0.15) is 52.3 Å². The van der Waals surface area contributed by atoms with Crippen molar-refractivity contribution in [1.82, 2.24) is 45.1 Å². The Morgan fingerprint density at radius 2 is 1.54 bits per heavy atom. The van der Waals surface area contributed by atoms with E-state index in [1.165, 1.54) is 39.5 Å². The number of carbonyl (C=O) groups is 2. The molecule has 296 valence electrons. The molecule has 2 atom stereocenters. The topological polar surface area (TPSA) is 177 Å². The molecular formula is C39H41F2N11O5. The lowest BCUT2D eigenvalue weighted by atomic mass is 10.1. The van der Waals surface area contributed by atoms with Crippen molar-refractivity contribution < 1.29 is 32.6 Å². The molecule has 5 heterocycles. The van der Waals surface area contributed by atoms with Gasteiger partial charge in [0.25, 0.3) is 0 Å². The number of piperazine rings is 1. The Labute approximate surface area is 325 Å². The number of pyridine rings is 2. The van der Waals surface area contributed by atoms with E-state index in [0.717, 1.165) is 32.7 Å². The third-order valence-electron chi connectivity index (χ3n) is 10.2. The lowest BCUT2D eigenvalue weighted by Gasteiger charge is -2.32. The van der Waals surface area contributed by atoms with Gasteiger partial charge in [-0.25, -0.2) is 28.2 Å². The minimum Gasteiger partial charge on any atom is -0.496 e. The Bertz CT molecular complexity index is 2460. The number of H-pyrrole nitrogens is 1. The molecule has 1 saturated carbocycles. The predicted octanol–water partition coefficient (Wildman–Crippen LogP) is 4.86. The van der Waals surface area contributed by atoms with Crippen LogP contribution in [0.2, 0.25) is 0 Å². The summed E-state index contributed by atoms with van der Waals surface area (Å²) in [5.41, 5.74) is 2.93. The second-order valence-corrected chi connectivity index (χ2v) is 13.9. The third-order valence-corrected chi connectivity index (χ3v) is 10.2. The molecule has 4 N–H and O–H groups in total. The highest BCUT2D eigenvalue weighted by molar-refractivity contribution is 5.99. The number of fused-ring (bicyclic) bond motifs is 2. The maximum Gasteiger partial charge on any atom is 0.320 e. The van der Waals surface area contributed by atoms with Gasteiger partial charge in [-0.2, -0.15) is 10.2 Å². The molecule has 16 nitrogen and oxygen atoms in total. The zero-order valence-corrected chi connectivity index (χ0v) is 31.7. The summed E-state index contributed by atoms with van der Waals surface area (Å²) in [5.74, 6) is 0.0870. The number of ether oxygens (including phenoxy) is 3. The van der Waals surface area contributed by atoms with Crippen molar-refractivity contribution in [3.63, 3.8) is 0 Å². The molecule has 1 aliphatic heterocycles. The van der Waals surface area contributed by atoms with E-state index in [-0.39, 0.29) is 18.1 Å². The molecule has 3 amide bonds. The highest BCUT2D eigenvalue weighted by atomic mass is 19.1. The Hall–Kier alpha value is -6.40. The van der Waals surface area contributed by atoms with Crippen LogP contribution in [0.5, 0.6) is 17.2 Å². The molecule has 0 spiro atoms. The van der Waals surface area contributed by atoms with E-state index in [9.17, 15) is 18.4 Å². The summed E-state index contributed by atoms with van der Waals surface area (Å²) in [6.45, 7) is 5.05. The summed E-state index contributed by atoms with van der Waals surface area (Å²) < 4.78 is 47.1. The number of hydrogen-bond donors (Lipinski definition) is 4. The lowest BCUT2D eigenvalue weighted by molar-refractivity contribution is -0.117. The number of hydrogen-bond acceptors (Lipinski definition) is 11. The summed E-state index contributed by atoms with van der Waals surface area (Å²) in [4.78, 5) is 39.2. The molecule has 57 heavy (non-hydrogen) atoms. The number of aromatic nitrogens is 6. The molecular weight excluding hydrogens is 740 g/mol. The van der Waals surface area contributed by atoms with Crippen molar-refractivity contribution in [2.24, 2.45) is 5.92 Å². The van der Waals surface area contributed by atoms with Crippen molar-refractivity contribution in [3.05, 3.63) is 60.4 Å². The number of nitrogens with one attached hydrogen (secondary N) is 4. The van der Waals surface area contributed by atoms with Gasteiger partial charge in [0.2, 0.25) is 5.91 Å². The van der Waals surface area contributed by atoms with Crippen LogP contribution in [0, 0.1) is 11.7 Å². The summed E-state index contributed by atoms with van der Waals surface area (Å²) >= 11 is 0. The molecule has 1 aliphatic carbocycles. The molecule has 0 unspecified atom stereocenters. The van der Waals surface area contributed by atoms with Crippen LogP contribution in [0.15, 0.2) is 54.6 Å². The van der Waals surface area contributed by atoms with E-state index in [4.69, 9.17) is 24.3 Å². The standard InChI is InChI=1S/C39H41F2N11O5/c1-50-13-15-51(16-14-50)12-11-42-39(54)46-32-10-7-24-34(26-17-21(40)5-8-28(26)55-2)49-52(37(24)44-32)22-18-29(56-3)33(30(19-22)57-4)35-23-6-9-31(43-36(23)48-47-35)45-38(53)25-20-27(25)41/h5-10,17-19,25,27H,11-16,20H2,1-4H3,(H2,42,44,46,54)(H2,43,45,47,48,53)/t25-,27+/m1/s1. The molecule has 1 saturated heterocycles. The Morgan fingerprint density at radius 3 is 2.23 bits per heavy atom. The number of anilines is 2. The third kappa shape index (κ3) is 7.60. The fourth-order valence-electron chi connectivity index (χ4n) is 6.94. The second kappa shape index (κ2) is 15.6. The van der Waals surface area contributed by atoms with Crippen LogP contribution in [-0.2, 0) is 4.79 Å². The Morgan fingerprint density at radius 1 is 0.860 bits per heavy atom. The fraction of sp³-hybridized carbons (Fsp3) is 0.333. The molecule has 2 aromatic carbocycles. The van der Waals surface area contributed by atoms with Crippen LogP contribution in [0.1, 0.15) is 6.42 Å². The Balaban J connectivity index is 1.15. The molecule has 6 aromatic rings. The minimum absolute atomic E-state index is 0.204. The number of amides is 3. The largest absolute Gasteiger partial charge is 0.496 e. The van der Waals surface area contributed by atoms with Crippen molar-refractivity contribution in [2.75, 3.05) is 78.3 Å². The number of likely N-dealkylation sites (N-methyl/N-ethyl adjacent to an activating group) is 1. The monoisotopic (exact) mass is 781 g/mol. The minimum atomic E-state index is -1.13. The van der Waals surface area contributed by atoms with E-state index in [1.807, 2.05) is 0 Å². The number of nitrogens with zero attached hydrogens (tertiary/aromatic N) is 7. The number of rotatable bonds is 12. The molecule has 8 rings (SSSR count). The number of methoxy groups -OCH3 is 3. The first-order valence-corrected chi connectivity index (χ1v) is 18.4. The van der Waals surface area contributed by atoms with Gasteiger partial charge in [0.15, 0.2) is 11.3 Å². The van der Waals surface area contributed by atoms with Gasteiger partial charge >= 0.3 is 6.03 Å². The van der Waals surface area contributed by atoms with E-state index < -0.39 is 29.8 Å². The van der Waals surface area contributed by atoms with Gasteiger partial charge in [0.05, 0.1) is 38.5 Å². The SMILES string of the molecule is COc1ccc(F)cc1-c1nn(-c2cc(OC)c(-c3n[nH]c4nc(NC(=O)[C@@H]5C[C@@H]5F)ccc34)c(OC)c2)c2nc(NC(=O)NCCN3CCN(C)CC3)ccc12. The number of urea groups is 1. The van der Waals surface area contributed by atoms with Crippen LogP contribution in [0.25, 0.3) is 50.3 Å². The van der Waals surface area contributed by atoms with Gasteiger partial charge in [-0.15, -0.1) is 0 Å². The number of benzene rings is 2. The maximum atomic E-state index is 14.7. The summed E-state index contributed by atoms with van der Waals surface area (Å²) in [5, 5.41) is 21.9. The van der Waals surface area contributed by atoms with E-state index in [0.29, 0.717) is 74.1 Å². The zero-order chi connectivity index (χ0) is 39.8. The summed E-state index contributed by atoms with van der Waals surface area (Å²) in [7, 11) is 6.60. The Kier molecular flexibility index (Phi) is 10.3. The van der Waals surface area contributed by atoms with Crippen LogP contribution >= 0.6 is 0 Å². The normalized spacial score (nSPS) is 17.1. The van der Waals surface area contributed by atoms with Crippen molar-refractivity contribution >= 4 is 45.6 Å². The average Bonchev–Trinajstić information content (AvgIpc) is 3.63. The van der Waals surface area contributed by atoms with E-state index >= 15 is 0 Å². The smallest absolute Gasteiger partial charge is 0.320 e. The van der Waals surface area contributed by atoms with Crippen molar-refractivity contribution in [1.29, 1.82) is 0 Å². The van der Waals surface area contributed by atoms with Crippen LogP contribution in [0.4, 0.5) is 25.2 Å². The number of aromatic amines is 1. The molecule has 18 heteroatoms. The quantitative estimate of drug-likeness (QED) is 0.134. The lowest BCUT2D eigenvalue weighted by Crippen LogP contribution is -2.47. The highest BCUT2D eigenvalue weighted by Gasteiger charge is 2.43. The number of carbonyl (C=O) groups excluding carboxylic acids is 2. The fourth-order valence-corrected chi connectivity index (χ4v) is 6.94. The van der Waals surface area contributed by atoms with E-state index in [2.05, 4.69) is 48.0 Å². The molecule has 2 fully saturated rings. The summed E-state index contributed by atoms with van der Waals surface area (Å²) in [6, 6.07) is 14.0. The van der Waals surface area contributed by atoms with Crippen LogP contribution in [-0.4, -0.2) is 126 Å². The first-order chi connectivity index (χ1) is 27.6. The first-order valence-electron chi connectivity index (χ1n) is 18.4. The maximum absolute atomic E-state index is 14.7. The number of halogens is 2. The summed E-state index contributed by atoms with van der Waals surface area (Å²) in [6.07, 6.45) is -0.927. The molecule has 0 radical (unpaired) electrons. The van der Waals surface area contributed by atoms with Gasteiger partial charge in [-0.3, -0.25) is 20.1 Å². The van der Waals surface area contributed by atoms with Gasteiger partial charge in [-0.05, 0) is 55.9 Å². The molecule has 0 bridgehead atoms. The molecule has 4 aromatic heterocycles. The van der Waals surface area contributed by atoms with Crippen LogP contribution < -0.4 is 30.2 Å². The van der Waals surface area contributed by atoms with Crippen molar-refractivity contribution in [3.8, 4) is 45.5 Å². The van der Waals surface area contributed by atoms with Crippen LogP contribution in [0.3, 0.4) is 0 Å². The van der Waals surface area contributed by atoms with Gasteiger partial charge in [0, 0.05) is 67.7 Å².